The molecule has 9 nitrogen and oxygen atoms in total. The van der Waals surface area contributed by atoms with Gasteiger partial charge in [0.2, 0.25) is 0 Å². The SMILES string of the molecule is O=C(N/N=C/c1cc(=O)[nH]c(=O)[nH]1)c1ccc2c(c1)OCCO2. The summed E-state index contributed by atoms with van der Waals surface area (Å²) in [5.41, 5.74) is 1.58. The zero-order valence-corrected chi connectivity index (χ0v) is 11.8. The third-order valence-corrected chi connectivity index (χ3v) is 2.96. The monoisotopic (exact) mass is 316 g/mol. The fourth-order valence-electron chi connectivity index (χ4n) is 1.97. The number of amides is 1. The van der Waals surface area contributed by atoms with Gasteiger partial charge in [-0.15, -0.1) is 0 Å². The van der Waals surface area contributed by atoms with E-state index in [4.69, 9.17) is 9.47 Å². The Kier molecular flexibility index (Phi) is 3.91. The van der Waals surface area contributed by atoms with Gasteiger partial charge in [-0.2, -0.15) is 5.10 Å². The molecule has 0 atom stereocenters. The van der Waals surface area contributed by atoms with Crippen LogP contribution in [-0.4, -0.2) is 35.3 Å². The first kappa shape index (κ1) is 14.6. The third-order valence-electron chi connectivity index (χ3n) is 2.96. The maximum Gasteiger partial charge on any atom is 0.326 e. The standard InChI is InChI=1S/C14H12N4O5/c19-12-6-9(16-14(21)17-12)7-15-18-13(20)8-1-2-10-11(5-8)23-4-3-22-10/h1-2,5-7H,3-4H2,(H,18,20)(H2,16,17,19,21)/b15-7+. The number of H-pyrrole nitrogens is 2. The first-order valence-corrected chi connectivity index (χ1v) is 6.68. The van der Waals surface area contributed by atoms with Crippen molar-refractivity contribution in [2.75, 3.05) is 13.2 Å². The number of fused-ring (bicyclic) bond motifs is 1. The molecular weight excluding hydrogens is 304 g/mol. The van der Waals surface area contributed by atoms with Crippen LogP contribution in [0.4, 0.5) is 0 Å². The largest absolute Gasteiger partial charge is 0.486 e. The molecule has 2 heterocycles. The quantitative estimate of drug-likeness (QED) is 0.524. The molecule has 0 saturated carbocycles. The van der Waals surface area contributed by atoms with E-state index in [-0.39, 0.29) is 5.69 Å². The minimum Gasteiger partial charge on any atom is -0.486 e. The highest BCUT2D eigenvalue weighted by molar-refractivity contribution is 5.95. The van der Waals surface area contributed by atoms with Gasteiger partial charge in [0.25, 0.3) is 11.5 Å². The number of benzene rings is 1. The second-order valence-corrected chi connectivity index (χ2v) is 4.60. The third kappa shape index (κ3) is 3.46. The van der Waals surface area contributed by atoms with Gasteiger partial charge in [-0.25, -0.2) is 10.2 Å². The van der Waals surface area contributed by atoms with Gasteiger partial charge in [0.05, 0.1) is 11.9 Å². The number of carbonyl (C=O) groups excluding carboxylic acids is 1. The summed E-state index contributed by atoms with van der Waals surface area (Å²) in [6.45, 7) is 0.892. The second-order valence-electron chi connectivity index (χ2n) is 4.60. The Morgan fingerprint density at radius 3 is 2.70 bits per heavy atom. The number of nitrogens with one attached hydrogen (secondary N) is 3. The second kappa shape index (κ2) is 6.18. The Labute approximate surface area is 129 Å². The first-order valence-electron chi connectivity index (χ1n) is 6.68. The van der Waals surface area contributed by atoms with Gasteiger partial charge >= 0.3 is 5.69 Å². The van der Waals surface area contributed by atoms with Crippen LogP contribution in [-0.2, 0) is 0 Å². The number of aromatic amines is 2. The number of hydrogen-bond acceptors (Lipinski definition) is 6. The molecule has 0 saturated heterocycles. The lowest BCUT2D eigenvalue weighted by atomic mass is 10.2. The zero-order valence-electron chi connectivity index (χ0n) is 11.8. The van der Waals surface area contributed by atoms with Gasteiger partial charge in [0.15, 0.2) is 11.5 Å². The molecule has 1 aromatic carbocycles. The van der Waals surface area contributed by atoms with Crippen molar-refractivity contribution in [2.24, 2.45) is 5.10 Å². The molecule has 2 aromatic rings. The van der Waals surface area contributed by atoms with Crippen LogP contribution in [0, 0.1) is 0 Å². The van der Waals surface area contributed by atoms with Gasteiger partial charge in [-0.05, 0) is 18.2 Å². The van der Waals surface area contributed by atoms with E-state index in [2.05, 4.69) is 15.5 Å². The highest BCUT2D eigenvalue weighted by Gasteiger charge is 2.14. The van der Waals surface area contributed by atoms with E-state index in [0.29, 0.717) is 30.3 Å². The van der Waals surface area contributed by atoms with Crippen LogP contribution in [0.15, 0.2) is 39.0 Å². The summed E-state index contributed by atoms with van der Waals surface area (Å²) in [6, 6.07) is 5.91. The van der Waals surface area contributed by atoms with Gasteiger partial charge in [-0.1, -0.05) is 0 Å². The average molecular weight is 316 g/mol. The van der Waals surface area contributed by atoms with E-state index in [1.807, 2.05) is 4.98 Å². The Hall–Kier alpha value is -3.36. The van der Waals surface area contributed by atoms with E-state index in [0.717, 1.165) is 12.3 Å². The molecule has 1 aromatic heterocycles. The fourth-order valence-corrected chi connectivity index (χ4v) is 1.97. The Balaban J connectivity index is 1.70. The molecule has 0 radical (unpaired) electrons. The molecule has 23 heavy (non-hydrogen) atoms. The topological polar surface area (TPSA) is 126 Å². The molecule has 1 aliphatic rings. The molecule has 1 aliphatic heterocycles. The minimum atomic E-state index is -0.655. The molecule has 3 N–H and O–H groups in total. The van der Waals surface area contributed by atoms with Crippen molar-refractivity contribution in [1.29, 1.82) is 0 Å². The lowest BCUT2D eigenvalue weighted by Crippen LogP contribution is -2.23. The smallest absolute Gasteiger partial charge is 0.326 e. The van der Waals surface area contributed by atoms with Crippen LogP contribution in [0.1, 0.15) is 16.1 Å². The maximum atomic E-state index is 12.0. The maximum absolute atomic E-state index is 12.0. The summed E-state index contributed by atoms with van der Waals surface area (Å²) in [4.78, 5) is 38.6. The van der Waals surface area contributed by atoms with Crippen molar-refractivity contribution >= 4 is 12.1 Å². The van der Waals surface area contributed by atoms with Gasteiger partial charge in [-0.3, -0.25) is 14.6 Å². The summed E-state index contributed by atoms with van der Waals surface area (Å²) in [6.07, 6.45) is 1.16. The minimum absolute atomic E-state index is 0.168. The molecule has 0 spiro atoms. The Morgan fingerprint density at radius 2 is 1.91 bits per heavy atom. The summed E-state index contributed by atoms with van der Waals surface area (Å²) >= 11 is 0. The van der Waals surface area contributed by atoms with Gasteiger partial charge in [0, 0.05) is 11.6 Å². The zero-order chi connectivity index (χ0) is 16.2. The van der Waals surface area contributed by atoms with Gasteiger partial charge < -0.3 is 14.5 Å². The number of hydrazone groups is 1. The molecule has 118 valence electrons. The first-order chi connectivity index (χ1) is 11.1. The number of hydrogen-bond donors (Lipinski definition) is 3. The van der Waals surface area contributed by atoms with E-state index >= 15 is 0 Å². The lowest BCUT2D eigenvalue weighted by molar-refractivity contribution is 0.0954. The molecule has 0 aliphatic carbocycles. The van der Waals surface area contributed by atoms with Crippen LogP contribution < -0.4 is 26.1 Å². The Bertz CT molecular complexity index is 855. The molecule has 1 amide bonds. The Morgan fingerprint density at radius 1 is 1.13 bits per heavy atom. The highest BCUT2D eigenvalue weighted by Crippen LogP contribution is 2.30. The van der Waals surface area contributed by atoms with Crippen molar-refractivity contribution < 1.29 is 14.3 Å². The fraction of sp³-hybridized carbons (Fsp3) is 0.143. The van der Waals surface area contributed by atoms with Crippen LogP contribution >= 0.6 is 0 Å². The molecular formula is C14H12N4O5. The number of aromatic nitrogens is 2. The summed E-state index contributed by atoms with van der Waals surface area (Å²) in [7, 11) is 0. The normalized spacial score (nSPS) is 13.0. The molecule has 9 heteroatoms. The van der Waals surface area contributed by atoms with Crippen molar-refractivity contribution in [1.82, 2.24) is 15.4 Å². The number of ether oxygens (including phenoxy) is 2. The van der Waals surface area contributed by atoms with Crippen LogP contribution in [0.25, 0.3) is 0 Å². The molecule has 3 rings (SSSR count). The average Bonchev–Trinajstić information content (AvgIpc) is 2.53. The van der Waals surface area contributed by atoms with E-state index in [9.17, 15) is 14.4 Å². The highest BCUT2D eigenvalue weighted by atomic mass is 16.6. The summed E-state index contributed by atoms with van der Waals surface area (Å²) < 4.78 is 10.8. The number of carbonyl (C=O) groups is 1. The predicted octanol–water partition coefficient (Wildman–Crippen LogP) is -0.402. The van der Waals surface area contributed by atoms with Crippen molar-refractivity contribution in [3.63, 3.8) is 0 Å². The van der Waals surface area contributed by atoms with Crippen LogP contribution in [0.3, 0.4) is 0 Å². The van der Waals surface area contributed by atoms with E-state index in [1.54, 1.807) is 18.2 Å². The number of rotatable bonds is 3. The van der Waals surface area contributed by atoms with Crippen molar-refractivity contribution in [3.05, 3.63) is 56.4 Å². The lowest BCUT2D eigenvalue weighted by Gasteiger charge is -2.18. The van der Waals surface area contributed by atoms with Crippen LogP contribution in [0.2, 0.25) is 0 Å². The van der Waals surface area contributed by atoms with Crippen molar-refractivity contribution in [2.45, 2.75) is 0 Å². The molecule has 0 unspecified atom stereocenters. The summed E-state index contributed by atoms with van der Waals surface area (Å²) in [5, 5.41) is 3.69. The van der Waals surface area contributed by atoms with E-state index in [1.165, 1.54) is 0 Å². The predicted molar refractivity (Wildman–Crippen MR) is 80.2 cm³/mol. The van der Waals surface area contributed by atoms with Crippen molar-refractivity contribution in [3.8, 4) is 11.5 Å². The molecule has 0 fully saturated rings. The van der Waals surface area contributed by atoms with E-state index < -0.39 is 17.2 Å². The van der Waals surface area contributed by atoms with Crippen LogP contribution in [0.5, 0.6) is 11.5 Å². The number of nitrogens with zero attached hydrogens (tertiary/aromatic N) is 1. The van der Waals surface area contributed by atoms with Gasteiger partial charge in [0.1, 0.15) is 13.2 Å². The molecule has 0 bridgehead atoms. The summed E-state index contributed by atoms with van der Waals surface area (Å²) in [5.74, 6) is 0.606.